The molecule has 0 unspecified atom stereocenters. The zero-order valence-electron chi connectivity index (χ0n) is 17.1. The second-order valence-corrected chi connectivity index (χ2v) is 8.19. The van der Waals surface area contributed by atoms with Crippen LogP contribution in [0.25, 0.3) is 0 Å². The van der Waals surface area contributed by atoms with Gasteiger partial charge in [-0.15, -0.1) is 0 Å². The van der Waals surface area contributed by atoms with Crippen LogP contribution < -0.4 is 9.80 Å². The van der Waals surface area contributed by atoms with Gasteiger partial charge in [-0.25, -0.2) is 4.39 Å². The summed E-state index contributed by atoms with van der Waals surface area (Å²) in [6.07, 6.45) is 2.05. The fraction of sp³-hybridized carbons (Fsp3) is 0.391. The van der Waals surface area contributed by atoms with E-state index in [2.05, 4.69) is 4.90 Å². The molecule has 3 aliphatic heterocycles. The Balaban J connectivity index is 1.33. The molecule has 0 bridgehead atoms. The molecule has 30 heavy (non-hydrogen) atoms. The van der Waals surface area contributed by atoms with Crippen molar-refractivity contribution >= 4 is 23.2 Å². The van der Waals surface area contributed by atoms with Crippen molar-refractivity contribution in [1.82, 2.24) is 9.80 Å². The molecule has 7 heteroatoms. The lowest BCUT2D eigenvalue weighted by Crippen LogP contribution is -2.50. The van der Waals surface area contributed by atoms with E-state index in [1.807, 2.05) is 33.9 Å². The fourth-order valence-electron chi connectivity index (χ4n) is 4.88. The predicted octanol–water partition coefficient (Wildman–Crippen LogP) is 2.80. The van der Waals surface area contributed by atoms with Crippen molar-refractivity contribution in [2.45, 2.75) is 19.0 Å². The summed E-state index contributed by atoms with van der Waals surface area (Å²) in [5.74, 6) is -0.218. The van der Waals surface area contributed by atoms with Crippen LogP contribution >= 0.6 is 0 Å². The van der Waals surface area contributed by atoms with Crippen molar-refractivity contribution in [2.75, 3.05) is 49.6 Å². The lowest BCUT2D eigenvalue weighted by Gasteiger charge is -2.40. The molecule has 6 nitrogen and oxygen atoms in total. The number of hydrogen-bond acceptors (Lipinski definition) is 4. The maximum atomic E-state index is 14.1. The molecule has 2 fully saturated rings. The van der Waals surface area contributed by atoms with Crippen LogP contribution in [0.5, 0.6) is 0 Å². The SMILES string of the molecule is CN1c2cc(C(=O)N3CCN(c4ccccc4F)CC3)ccc2C(=O)N2CCC[C@H]21. The molecule has 3 heterocycles. The highest BCUT2D eigenvalue weighted by Crippen LogP contribution is 2.35. The van der Waals surface area contributed by atoms with Gasteiger partial charge in [-0.1, -0.05) is 12.1 Å². The van der Waals surface area contributed by atoms with Crippen LogP contribution in [-0.2, 0) is 0 Å². The number of amides is 2. The number of para-hydroxylation sites is 1. The molecule has 0 spiro atoms. The summed E-state index contributed by atoms with van der Waals surface area (Å²) in [4.78, 5) is 33.8. The molecular weight excluding hydrogens is 383 g/mol. The monoisotopic (exact) mass is 408 g/mol. The average molecular weight is 408 g/mol. The fourth-order valence-corrected chi connectivity index (χ4v) is 4.88. The van der Waals surface area contributed by atoms with Gasteiger partial charge >= 0.3 is 0 Å². The van der Waals surface area contributed by atoms with Gasteiger partial charge in [0, 0.05) is 45.3 Å². The summed E-state index contributed by atoms with van der Waals surface area (Å²) in [5, 5.41) is 0. The highest BCUT2D eigenvalue weighted by molar-refractivity contribution is 6.04. The van der Waals surface area contributed by atoms with Crippen LogP contribution in [-0.4, -0.2) is 67.6 Å². The van der Waals surface area contributed by atoms with Crippen molar-refractivity contribution in [3.05, 3.63) is 59.4 Å². The largest absolute Gasteiger partial charge is 0.366 e. The van der Waals surface area contributed by atoms with Gasteiger partial charge in [0.15, 0.2) is 0 Å². The van der Waals surface area contributed by atoms with Gasteiger partial charge in [-0.05, 0) is 43.2 Å². The second-order valence-electron chi connectivity index (χ2n) is 8.19. The number of piperazine rings is 1. The molecule has 0 N–H and O–H groups in total. The Kier molecular flexibility index (Phi) is 4.60. The van der Waals surface area contributed by atoms with Gasteiger partial charge in [0.1, 0.15) is 12.0 Å². The van der Waals surface area contributed by atoms with E-state index in [1.165, 1.54) is 6.07 Å². The summed E-state index contributed by atoms with van der Waals surface area (Å²) in [5.41, 5.74) is 2.68. The second kappa shape index (κ2) is 7.31. The van der Waals surface area contributed by atoms with E-state index in [9.17, 15) is 14.0 Å². The quantitative estimate of drug-likeness (QED) is 0.767. The molecule has 5 rings (SSSR count). The van der Waals surface area contributed by atoms with Crippen LogP contribution in [0, 0.1) is 5.82 Å². The van der Waals surface area contributed by atoms with E-state index in [0.717, 1.165) is 25.1 Å². The first-order chi connectivity index (χ1) is 14.5. The van der Waals surface area contributed by atoms with E-state index in [1.54, 1.807) is 24.3 Å². The molecule has 156 valence electrons. The van der Waals surface area contributed by atoms with Crippen LogP contribution in [0.1, 0.15) is 33.6 Å². The summed E-state index contributed by atoms with van der Waals surface area (Å²) in [6, 6.07) is 12.1. The number of halogens is 1. The van der Waals surface area contributed by atoms with Crippen molar-refractivity contribution in [3.8, 4) is 0 Å². The molecule has 0 saturated carbocycles. The highest BCUT2D eigenvalue weighted by Gasteiger charge is 2.39. The molecule has 2 amide bonds. The number of nitrogens with zero attached hydrogens (tertiary/aromatic N) is 4. The molecule has 0 aliphatic carbocycles. The molecule has 2 aromatic rings. The Morgan fingerprint density at radius 3 is 2.53 bits per heavy atom. The van der Waals surface area contributed by atoms with Crippen LogP contribution in [0.2, 0.25) is 0 Å². The minimum atomic E-state index is -0.236. The maximum absolute atomic E-state index is 14.1. The summed E-state index contributed by atoms with van der Waals surface area (Å²) in [6.45, 7) is 3.05. The Hall–Kier alpha value is -3.09. The third-order valence-corrected chi connectivity index (χ3v) is 6.54. The van der Waals surface area contributed by atoms with Crippen LogP contribution in [0.3, 0.4) is 0 Å². The zero-order valence-corrected chi connectivity index (χ0v) is 17.1. The number of carbonyl (C=O) groups is 2. The summed E-state index contributed by atoms with van der Waals surface area (Å²) < 4.78 is 14.1. The number of carbonyl (C=O) groups excluding carboxylic acids is 2. The van der Waals surface area contributed by atoms with E-state index >= 15 is 0 Å². The van der Waals surface area contributed by atoms with Crippen molar-refractivity contribution in [1.29, 1.82) is 0 Å². The third kappa shape index (κ3) is 3.00. The molecule has 0 aromatic heterocycles. The van der Waals surface area contributed by atoms with Gasteiger partial charge in [-0.2, -0.15) is 0 Å². The topological polar surface area (TPSA) is 47.1 Å². The van der Waals surface area contributed by atoms with E-state index in [0.29, 0.717) is 43.0 Å². The molecule has 0 radical (unpaired) electrons. The maximum Gasteiger partial charge on any atom is 0.257 e. The van der Waals surface area contributed by atoms with Crippen molar-refractivity contribution in [3.63, 3.8) is 0 Å². The highest BCUT2D eigenvalue weighted by atomic mass is 19.1. The van der Waals surface area contributed by atoms with Gasteiger partial charge in [0.2, 0.25) is 0 Å². The third-order valence-electron chi connectivity index (χ3n) is 6.54. The van der Waals surface area contributed by atoms with E-state index < -0.39 is 0 Å². The number of fused-ring (bicyclic) bond motifs is 2. The number of anilines is 2. The average Bonchev–Trinajstić information content (AvgIpc) is 3.28. The lowest BCUT2D eigenvalue weighted by atomic mass is 10.0. The molecule has 3 aliphatic rings. The first-order valence-electron chi connectivity index (χ1n) is 10.5. The number of benzene rings is 2. The summed E-state index contributed by atoms with van der Waals surface area (Å²) >= 11 is 0. The number of rotatable bonds is 2. The van der Waals surface area contributed by atoms with Gasteiger partial charge in [0.05, 0.1) is 16.9 Å². The first-order valence-corrected chi connectivity index (χ1v) is 10.5. The predicted molar refractivity (Wildman–Crippen MR) is 113 cm³/mol. The van der Waals surface area contributed by atoms with Crippen molar-refractivity contribution in [2.24, 2.45) is 0 Å². The Labute approximate surface area is 175 Å². The molecule has 2 aromatic carbocycles. The minimum Gasteiger partial charge on any atom is -0.366 e. The standard InChI is InChI=1S/C23H25FN4O2/c1-25-20-15-16(8-9-17(20)23(30)28-10-4-7-21(25)28)22(29)27-13-11-26(12-14-27)19-6-3-2-5-18(19)24/h2-3,5-6,8-9,15,21H,4,7,10-14H2,1H3/t21-/m0/s1. The zero-order chi connectivity index (χ0) is 20.8. The first kappa shape index (κ1) is 18.9. The van der Waals surface area contributed by atoms with E-state index in [-0.39, 0.29) is 23.8 Å². The Morgan fingerprint density at radius 1 is 1.00 bits per heavy atom. The molecule has 1 atom stereocenters. The lowest BCUT2D eigenvalue weighted by molar-refractivity contribution is 0.0713. The van der Waals surface area contributed by atoms with Gasteiger partial charge < -0.3 is 19.6 Å². The van der Waals surface area contributed by atoms with Crippen molar-refractivity contribution < 1.29 is 14.0 Å². The van der Waals surface area contributed by atoms with Crippen LogP contribution in [0.4, 0.5) is 15.8 Å². The number of hydrogen-bond donors (Lipinski definition) is 0. The summed E-state index contributed by atoms with van der Waals surface area (Å²) in [7, 11) is 2.00. The van der Waals surface area contributed by atoms with Gasteiger partial charge in [-0.3, -0.25) is 9.59 Å². The Morgan fingerprint density at radius 2 is 1.77 bits per heavy atom. The molecular formula is C23H25FN4O2. The van der Waals surface area contributed by atoms with E-state index in [4.69, 9.17) is 0 Å². The molecule has 2 saturated heterocycles. The smallest absolute Gasteiger partial charge is 0.257 e. The van der Waals surface area contributed by atoms with Crippen LogP contribution in [0.15, 0.2) is 42.5 Å². The minimum absolute atomic E-state index is 0.0410. The normalized spacial score (nSPS) is 21.0. The Bertz CT molecular complexity index is 1000. The van der Waals surface area contributed by atoms with Gasteiger partial charge in [0.25, 0.3) is 11.8 Å².